The summed E-state index contributed by atoms with van der Waals surface area (Å²) < 4.78 is 10.5. The van der Waals surface area contributed by atoms with Crippen molar-refractivity contribution in [2.75, 3.05) is 51.8 Å². The van der Waals surface area contributed by atoms with Crippen LogP contribution >= 0.6 is 0 Å². The topological polar surface area (TPSA) is 89.3 Å². The van der Waals surface area contributed by atoms with Gasteiger partial charge in [0.25, 0.3) is 5.91 Å². The predicted molar refractivity (Wildman–Crippen MR) is 111 cm³/mol. The number of nitrogens with one attached hydrogen (secondary N) is 4. The molecule has 1 fully saturated rings. The molecule has 0 bridgehead atoms. The SMILES string of the molecule is CCOC(=O)c1[nH]c2ccc(OC)cc2c1NC(=O)[C@H](C)[NH+]1CC[NH+](CC)CC1. The van der Waals surface area contributed by atoms with Gasteiger partial charge in [-0.25, -0.2) is 4.79 Å². The molecule has 1 aromatic heterocycles. The number of H-pyrrole nitrogens is 1. The predicted octanol–water partition coefficient (Wildman–Crippen LogP) is -0.516. The number of amides is 1. The van der Waals surface area contributed by atoms with Crippen LogP contribution in [-0.4, -0.2) is 69.3 Å². The molecule has 0 spiro atoms. The molecule has 1 atom stereocenters. The number of benzene rings is 1. The fourth-order valence-electron chi connectivity index (χ4n) is 3.91. The molecular formula is C21H32N4O4+2. The standard InChI is InChI=1S/C21H30N4O4/c1-5-24-9-11-25(12-10-24)14(3)20(26)23-18-16-13-15(28-4)7-8-17(16)22-19(18)21(27)29-6-2/h7-8,13-14,22H,5-6,9-12H2,1-4H3,(H,23,26)/p+2/t14-/m0/s1. The molecule has 8 heteroatoms. The summed E-state index contributed by atoms with van der Waals surface area (Å²) in [4.78, 5) is 31.5. The molecule has 0 aliphatic carbocycles. The maximum Gasteiger partial charge on any atom is 0.356 e. The van der Waals surface area contributed by atoms with E-state index in [9.17, 15) is 9.59 Å². The summed E-state index contributed by atoms with van der Waals surface area (Å²) in [7, 11) is 1.59. The minimum absolute atomic E-state index is 0.103. The highest BCUT2D eigenvalue weighted by atomic mass is 16.5. The number of anilines is 1. The Labute approximate surface area is 171 Å². The largest absolute Gasteiger partial charge is 0.497 e. The van der Waals surface area contributed by atoms with Crippen LogP contribution < -0.4 is 19.9 Å². The maximum atomic E-state index is 13.1. The first-order chi connectivity index (χ1) is 14.0. The third kappa shape index (κ3) is 4.54. The lowest BCUT2D eigenvalue weighted by molar-refractivity contribution is -1.02. The molecular weight excluding hydrogens is 372 g/mol. The summed E-state index contributed by atoms with van der Waals surface area (Å²) in [5.74, 6) is 0.0621. The van der Waals surface area contributed by atoms with Crippen molar-refractivity contribution in [3.63, 3.8) is 0 Å². The average Bonchev–Trinajstić information content (AvgIpc) is 3.11. The summed E-state index contributed by atoms with van der Waals surface area (Å²) in [6.45, 7) is 11.3. The van der Waals surface area contributed by atoms with E-state index in [1.54, 1.807) is 18.9 Å². The van der Waals surface area contributed by atoms with E-state index in [1.165, 1.54) is 4.90 Å². The molecule has 0 radical (unpaired) electrons. The van der Waals surface area contributed by atoms with Crippen molar-refractivity contribution in [3.05, 3.63) is 23.9 Å². The highest BCUT2D eigenvalue weighted by Crippen LogP contribution is 2.31. The van der Waals surface area contributed by atoms with Gasteiger partial charge in [-0.3, -0.25) is 4.79 Å². The van der Waals surface area contributed by atoms with Gasteiger partial charge < -0.3 is 29.6 Å². The van der Waals surface area contributed by atoms with Crippen molar-refractivity contribution in [1.82, 2.24) is 4.98 Å². The van der Waals surface area contributed by atoms with Crippen LogP contribution in [0.5, 0.6) is 5.75 Å². The van der Waals surface area contributed by atoms with Crippen LogP contribution in [0.25, 0.3) is 10.9 Å². The Balaban J connectivity index is 1.86. The summed E-state index contributed by atoms with van der Waals surface area (Å²) in [6.07, 6.45) is 0. The molecule has 1 aliphatic heterocycles. The number of aromatic nitrogens is 1. The average molecular weight is 405 g/mol. The Morgan fingerprint density at radius 3 is 2.55 bits per heavy atom. The van der Waals surface area contributed by atoms with Crippen molar-refractivity contribution in [2.24, 2.45) is 0 Å². The Morgan fingerprint density at radius 1 is 1.21 bits per heavy atom. The first-order valence-electron chi connectivity index (χ1n) is 10.3. The third-order valence-corrected chi connectivity index (χ3v) is 5.84. The van der Waals surface area contributed by atoms with Gasteiger partial charge in [0.1, 0.15) is 37.6 Å². The van der Waals surface area contributed by atoms with Crippen LogP contribution in [0.15, 0.2) is 18.2 Å². The van der Waals surface area contributed by atoms with Crippen LogP contribution in [0.2, 0.25) is 0 Å². The first kappa shape index (κ1) is 21.1. The molecule has 2 heterocycles. The summed E-state index contributed by atoms with van der Waals surface area (Å²) in [5, 5.41) is 3.72. The fraction of sp³-hybridized carbons (Fsp3) is 0.524. The maximum absolute atomic E-state index is 13.1. The first-order valence-corrected chi connectivity index (χ1v) is 10.3. The lowest BCUT2D eigenvalue weighted by Gasteiger charge is -2.32. The number of esters is 1. The van der Waals surface area contributed by atoms with Gasteiger partial charge in [0.15, 0.2) is 6.04 Å². The Kier molecular flexibility index (Phi) is 6.76. The number of quaternary nitrogens is 2. The normalized spacial score (nSPS) is 20.3. The van der Waals surface area contributed by atoms with Crippen LogP contribution in [0.1, 0.15) is 31.3 Å². The molecule has 1 amide bonds. The van der Waals surface area contributed by atoms with E-state index in [1.807, 2.05) is 25.1 Å². The van der Waals surface area contributed by atoms with Gasteiger partial charge in [-0.1, -0.05) is 0 Å². The third-order valence-electron chi connectivity index (χ3n) is 5.84. The van der Waals surface area contributed by atoms with Gasteiger partial charge in [-0.05, 0) is 39.0 Å². The van der Waals surface area contributed by atoms with Crippen molar-refractivity contribution in [1.29, 1.82) is 0 Å². The lowest BCUT2D eigenvalue weighted by atomic mass is 10.1. The number of ether oxygens (including phenoxy) is 2. The van der Waals surface area contributed by atoms with Crippen LogP contribution in [0.3, 0.4) is 0 Å². The van der Waals surface area contributed by atoms with E-state index in [2.05, 4.69) is 17.2 Å². The number of carbonyl (C=O) groups excluding carboxylic acids is 2. The second-order valence-electron chi connectivity index (χ2n) is 7.48. The number of methoxy groups -OCH3 is 1. The molecule has 158 valence electrons. The summed E-state index contributed by atoms with van der Waals surface area (Å²) in [6, 6.07) is 5.24. The smallest absolute Gasteiger partial charge is 0.356 e. The lowest BCUT2D eigenvalue weighted by Crippen LogP contribution is -3.29. The fourth-order valence-corrected chi connectivity index (χ4v) is 3.91. The molecule has 0 unspecified atom stereocenters. The molecule has 1 aromatic carbocycles. The zero-order valence-electron chi connectivity index (χ0n) is 17.7. The molecule has 3 rings (SSSR count). The second-order valence-corrected chi connectivity index (χ2v) is 7.48. The molecule has 2 aromatic rings. The molecule has 1 saturated heterocycles. The van der Waals surface area contributed by atoms with Crippen LogP contribution in [0.4, 0.5) is 5.69 Å². The van der Waals surface area contributed by atoms with Crippen LogP contribution in [-0.2, 0) is 9.53 Å². The van der Waals surface area contributed by atoms with E-state index < -0.39 is 5.97 Å². The molecule has 1 aliphatic rings. The highest BCUT2D eigenvalue weighted by molar-refractivity contribution is 6.11. The van der Waals surface area contributed by atoms with Crippen molar-refractivity contribution in [3.8, 4) is 5.75 Å². The van der Waals surface area contributed by atoms with Gasteiger partial charge in [0.2, 0.25) is 0 Å². The number of rotatable bonds is 7. The number of carbonyl (C=O) groups is 2. The second kappa shape index (κ2) is 9.28. The molecule has 29 heavy (non-hydrogen) atoms. The van der Waals surface area contributed by atoms with Gasteiger partial charge in [-0.2, -0.15) is 0 Å². The van der Waals surface area contributed by atoms with Crippen molar-refractivity contribution >= 4 is 28.5 Å². The Hall–Kier alpha value is -2.58. The monoisotopic (exact) mass is 404 g/mol. The number of aromatic amines is 1. The number of fused-ring (bicyclic) bond motifs is 1. The van der Waals surface area contributed by atoms with E-state index in [4.69, 9.17) is 9.47 Å². The van der Waals surface area contributed by atoms with E-state index >= 15 is 0 Å². The summed E-state index contributed by atoms with van der Waals surface area (Å²) in [5.41, 5.74) is 1.45. The number of likely N-dealkylation sites (N-methyl/N-ethyl adjacent to an activating group) is 1. The van der Waals surface area contributed by atoms with Crippen molar-refractivity contribution in [2.45, 2.75) is 26.8 Å². The van der Waals surface area contributed by atoms with E-state index in [0.29, 0.717) is 11.4 Å². The quantitative estimate of drug-likeness (QED) is 0.468. The highest BCUT2D eigenvalue weighted by Gasteiger charge is 2.32. The van der Waals surface area contributed by atoms with Crippen molar-refractivity contribution < 1.29 is 28.9 Å². The Morgan fingerprint density at radius 2 is 1.93 bits per heavy atom. The zero-order chi connectivity index (χ0) is 21.0. The van der Waals surface area contributed by atoms with Gasteiger partial charge in [0.05, 0.1) is 25.9 Å². The number of piperazine rings is 1. The van der Waals surface area contributed by atoms with Crippen LogP contribution in [0, 0.1) is 0 Å². The minimum Gasteiger partial charge on any atom is -0.497 e. The number of hydrogen-bond acceptors (Lipinski definition) is 4. The molecule has 8 nitrogen and oxygen atoms in total. The zero-order valence-corrected chi connectivity index (χ0v) is 17.7. The van der Waals surface area contributed by atoms with Gasteiger partial charge in [-0.15, -0.1) is 0 Å². The van der Waals surface area contributed by atoms with Gasteiger partial charge in [0, 0.05) is 10.9 Å². The number of hydrogen-bond donors (Lipinski definition) is 4. The van der Waals surface area contributed by atoms with E-state index in [-0.39, 0.29) is 24.2 Å². The molecule has 4 N–H and O–H groups in total. The van der Waals surface area contributed by atoms with E-state index in [0.717, 1.165) is 43.6 Å². The molecule has 0 saturated carbocycles. The van der Waals surface area contributed by atoms with Gasteiger partial charge >= 0.3 is 5.97 Å². The summed E-state index contributed by atoms with van der Waals surface area (Å²) >= 11 is 0. The minimum atomic E-state index is -0.488. The Bertz CT molecular complexity index is 871.